The van der Waals surface area contributed by atoms with Gasteiger partial charge in [-0.3, -0.25) is 4.79 Å². The lowest BCUT2D eigenvalue weighted by molar-refractivity contribution is -0.124. The van der Waals surface area contributed by atoms with Gasteiger partial charge in [-0.1, -0.05) is 0 Å². The first-order chi connectivity index (χ1) is 6.96. The van der Waals surface area contributed by atoms with Gasteiger partial charge in [0.25, 0.3) is 0 Å². The first-order valence-electron chi connectivity index (χ1n) is 5.05. The highest BCUT2D eigenvalue weighted by atomic mass is 16.5. The average Bonchev–Trinajstić information content (AvgIpc) is 2.17. The zero-order valence-corrected chi connectivity index (χ0v) is 10.0. The molecule has 15 heavy (non-hydrogen) atoms. The van der Waals surface area contributed by atoms with Gasteiger partial charge in [0, 0.05) is 13.7 Å². The van der Waals surface area contributed by atoms with Gasteiger partial charge < -0.3 is 20.5 Å². The third-order valence-corrected chi connectivity index (χ3v) is 2.50. The minimum atomic E-state index is -0.702. The Morgan fingerprint density at radius 2 is 2.20 bits per heavy atom. The lowest BCUT2D eigenvalue weighted by Gasteiger charge is -2.25. The van der Waals surface area contributed by atoms with Crippen molar-refractivity contribution in [2.75, 3.05) is 27.4 Å². The fourth-order valence-electron chi connectivity index (χ4n) is 1.12. The van der Waals surface area contributed by atoms with E-state index in [2.05, 4.69) is 5.32 Å². The molecule has 0 aliphatic carbocycles. The highest BCUT2D eigenvalue weighted by Crippen LogP contribution is 2.08. The largest absolute Gasteiger partial charge is 0.382 e. The van der Waals surface area contributed by atoms with E-state index in [1.807, 2.05) is 6.92 Å². The molecule has 0 radical (unpaired) electrons. The third-order valence-electron chi connectivity index (χ3n) is 2.50. The molecule has 0 saturated carbocycles. The standard InChI is InChI=1S/C10H22N2O3/c1-8(7-14-4)15-6-5-10(2,12-3)9(11)13/h8,12H,5-7H2,1-4H3,(H2,11,13). The second-order valence-electron chi connectivity index (χ2n) is 3.83. The van der Waals surface area contributed by atoms with Crippen molar-refractivity contribution in [3.8, 4) is 0 Å². The molecular formula is C10H22N2O3. The molecule has 0 saturated heterocycles. The van der Waals surface area contributed by atoms with E-state index < -0.39 is 5.54 Å². The summed E-state index contributed by atoms with van der Waals surface area (Å²) < 4.78 is 10.4. The van der Waals surface area contributed by atoms with Crippen LogP contribution in [0.5, 0.6) is 0 Å². The Bertz CT molecular complexity index is 199. The number of primary amides is 1. The molecule has 90 valence electrons. The molecule has 0 heterocycles. The van der Waals surface area contributed by atoms with Gasteiger partial charge in [-0.2, -0.15) is 0 Å². The number of nitrogens with one attached hydrogen (secondary N) is 1. The molecule has 0 aliphatic heterocycles. The number of ether oxygens (including phenoxy) is 2. The lowest BCUT2D eigenvalue weighted by atomic mass is 9.98. The van der Waals surface area contributed by atoms with Crippen molar-refractivity contribution in [1.29, 1.82) is 0 Å². The molecule has 0 aromatic carbocycles. The minimum absolute atomic E-state index is 0.0315. The van der Waals surface area contributed by atoms with E-state index in [1.54, 1.807) is 21.1 Å². The van der Waals surface area contributed by atoms with Crippen LogP contribution in [0.2, 0.25) is 0 Å². The number of nitrogens with two attached hydrogens (primary N) is 1. The predicted octanol–water partition coefficient (Wildman–Crippen LogP) is -0.109. The van der Waals surface area contributed by atoms with Crippen LogP contribution >= 0.6 is 0 Å². The zero-order chi connectivity index (χ0) is 11.9. The van der Waals surface area contributed by atoms with Crippen molar-refractivity contribution in [2.24, 2.45) is 5.73 Å². The maximum absolute atomic E-state index is 11.1. The van der Waals surface area contributed by atoms with Crippen LogP contribution in [0.15, 0.2) is 0 Å². The fraction of sp³-hybridized carbons (Fsp3) is 0.900. The average molecular weight is 218 g/mol. The molecule has 2 unspecified atom stereocenters. The number of likely N-dealkylation sites (N-methyl/N-ethyl adjacent to an activating group) is 1. The Morgan fingerprint density at radius 3 is 2.60 bits per heavy atom. The van der Waals surface area contributed by atoms with Crippen molar-refractivity contribution in [2.45, 2.75) is 31.9 Å². The summed E-state index contributed by atoms with van der Waals surface area (Å²) in [5.41, 5.74) is 4.57. The summed E-state index contributed by atoms with van der Waals surface area (Å²) in [5.74, 6) is -0.368. The predicted molar refractivity (Wildman–Crippen MR) is 58.6 cm³/mol. The smallest absolute Gasteiger partial charge is 0.237 e. The number of methoxy groups -OCH3 is 1. The van der Waals surface area contributed by atoms with E-state index in [-0.39, 0.29) is 12.0 Å². The first kappa shape index (κ1) is 14.3. The van der Waals surface area contributed by atoms with E-state index in [4.69, 9.17) is 15.2 Å². The van der Waals surface area contributed by atoms with Crippen LogP contribution in [0.25, 0.3) is 0 Å². The maximum Gasteiger partial charge on any atom is 0.237 e. The van der Waals surface area contributed by atoms with Crippen molar-refractivity contribution >= 4 is 5.91 Å². The van der Waals surface area contributed by atoms with E-state index >= 15 is 0 Å². The van der Waals surface area contributed by atoms with Gasteiger partial charge in [-0.25, -0.2) is 0 Å². The van der Waals surface area contributed by atoms with Gasteiger partial charge in [-0.05, 0) is 27.3 Å². The van der Waals surface area contributed by atoms with Crippen LogP contribution in [0, 0.1) is 0 Å². The van der Waals surface area contributed by atoms with E-state index in [1.165, 1.54) is 0 Å². The lowest BCUT2D eigenvalue weighted by Crippen LogP contribution is -2.52. The summed E-state index contributed by atoms with van der Waals surface area (Å²) in [6.07, 6.45) is 0.580. The highest BCUT2D eigenvalue weighted by Gasteiger charge is 2.28. The van der Waals surface area contributed by atoms with E-state index in [0.29, 0.717) is 19.6 Å². The zero-order valence-electron chi connectivity index (χ0n) is 10.0. The van der Waals surface area contributed by atoms with Crippen molar-refractivity contribution in [1.82, 2.24) is 5.32 Å². The van der Waals surface area contributed by atoms with Gasteiger partial charge in [0.1, 0.15) is 0 Å². The fourth-order valence-corrected chi connectivity index (χ4v) is 1.12. The Balaban J connectivity index is 3.87. The topological polar surface area (TPSA) is 73.6 Å². The molecule has 0 fully saturated rings. The normalized spacial score (nSPS) is 17.1. The number of hydrogen-bond acceptors (Lipinski definition) is 4. The van der Waals surface area contributed by atoms with Crippen LogP contribution in [0.3, 0.4) is 0 Å². The summed E-state index contributed by atoms with van der Waals surface area (Å²) in [4.78, 5) is 11.1. The number of carbonyl (C=O) groups is 1. The monoisotopic (exact) mass is 218 g/mol. The summed E-state index contributed by atoms with van der Waals surface area (Å²) in [6.45, 7) is 4.71. The second kappa shape index (κ2) is 6.76. The molecule has 0 rings (SSSR count). The summed E-state index contributed by atoms with van der Waals surface area (Å²) in [6, 6.07) is 0. The molecule has 0 aromatic rings. The Kier molecular flexibility index (Phi) is 6.47. The number of carbonyl (C=O) groups excluding carboxylic acids is 1. The number of rotatable bonds is 8. The van der Waals surface area contributed by atoms with Gasteiger partial charge >= 0.3 is 0 Å². The van der Waals surface area contributed by atoms with Gasteiger partial charge in [0.05, 0.1) is 18.2 Å². The van der Waals surface area contributed by atoms with Crippen LogP contribution < -0.4 is 11.1 Å². The number of amides is 1. The van der Waals surface area contributed by atoms with Gasteiger partial charge in [0.2, 0.25) is 5.91 Å². The van der Waals surface area contributed by atoms with Crippen LogP contribution in [0.4, 0.5) is 0 Å². The van der Waals surface area contributed by atoms with Crippen molar-refractivity contribution in [3.63, 3.8) is 0 Å². The van der Waals surface area contributed by atoms with Crippen LogP contribution in [0.1, 0.15) is 20.3 Å². The quantitative estimate of drug-likeness (QED) is 0.596. The number of hydrogen-bond donors (Lipinski definition) is 2. The third kappa shape index (κ3) is 5.11. The highest BCUT2D eigenvalue weighted by molar-refractivity contribution is 5.84. The van der Waals surface area contributed by atoms with Crippen LogP contribution in [-0.2, 0) is 14.3 Å². The Hall–Kier alpha value is -0.650. The maximum atomic E-state index is 11.1. The van der Waals surface area contributed by atoms with Crippen molar-refractivity contribution < 1.29 is 14.3 Å². The minimum Gasteiger partial charge on any atom is -0.382 e. The van der Waals surface area contributed by atoms with E-state index in [9.17, 15) is 4.79 Å². The molecular weight excluding hydrogens is 196 g/mol. The van der Waals surface area contributed by atoms with Crippen LogP contribution in [-0.4, -0.2) is 44.9 Å². The molecule has 5 heteroatoms. The summed E-state index contributed by atoms with van der Waals surface area (Å²) >= 11 is 0. The first-order valence-corrected chi connectivity index (χ1v) is 5.05. The molecule has 0 spiro atoms. The molecule has 1 amide bonds. The van der Waals surface area contributed by atoms with Gasteiger partial charge in [-0.15, -0.1) is 0 Å². The van der Waals surface area contributed by atoms with Gasteiger partial charge in [0.15, 0.2) is 0 Å². The summed E-state index contributed by atoms with van der Waals surface area (Å²) in [5, 5.41) is 2.90. The van der Waals surface area contributed by atoms with Crippen molar-refractivity contribution in [3.05, 3.63) is 0 Å². The second-order valence-corrected chi connectivity index (χ2v) is 3.83. The Morgan fingerprint density at radius 1 is 1.60 bits per heavy atom. The molecule has 0 aliphatic rings. The van der Waals surface area contributed by atoms with E-state index in [0.717, 1.165) is 0 Å². The summed E-state index contributed by atoms with van der Waals surface area (Å²) in [7, 11) is 3.34. The molecule has 2 atom stereocenters. The molecule has 5 nitrogen and oxygen atoms in total. The Labute approximate surface area is 91.3 Å². The SMILES string of the molecule is CNC(C)(CCOC(C)COC)C(N)=O. The molecule has 3 N–H and O–H groups in total. The molecule has 0 bridgehead atoms. The molecule has 0 aromatic heterocycles.